The van der Waals surface area contributed by atoms with Crippen LogP contribution in [0.15, 0.2) is 66.2 Å². The van der Waals surface area contributed by atoms with E-state index in [1.807, 2.05) is 13.0 Å². The van der Waals surface area contributed by atoms with Crippen LogP contribution in [0, 0.1) is 24.1 Å². The molecule has 0 unspecified atom stereocenters. The number of aryl methyl sites for hydroxylation is 1. The van der Waals surface area contributed by atoms with E-state index in [9.17, 15) is 14.4 Å². The summed E-state index contributed by atoms with van der Waals surface area (Å²) in [7, 11) is 0. The minimum Gasteiger partial charge on any atom is -0.321 e. The second-order valence-electron chi connectivity index (χ2n) is 6.70. The van der Waals surface area contributed by atoms with Gasteiger partial charge in [0.25, 0.3) is 5.91 Å². The van der Waals surface area contributed by atoms with E-state index in [0.29, 0.717) is 33.3 Å². The number of carbonyl (C=O) groups is 1. The molecular formula is C24H17Cl2FN2O. The molecule has 3 aromatic carbocycles. The SMILES string of the molecule is Cc1ccc(NC(=O)/C(C#N)=C/c2cc(Cl)ccc2Cc2ccccc2F)cc1Cl. The Morgan fingerprint density at radius 3 is 2.57 bits per heavy atom. The van der Waals surface area contributed by atoms with E-state index in [1.165, 1.54) is 12.1 Å². The van der Waals surface area contributed by atoms with Crippen molar-refractivity contribution < 1.29 is 9.18 Å². The average molecular weight is 439 g/mol. The second-order valence-corrected chi connectivity index (χ2v) is 7.54. The Kier molecular flexibility index (Phi) is 6.89. The molecule has 0 aliphatic heterocycles. The van der Waals surface area contributed by atoms with E-state index in [2.05, 4.69) is 5.32 Å². The van der Waals surface area contributed by atoms with Gasteiger partial charge >= 0.3 is 0 Å². The smallest absolute Gasteiger partial charge is 0.266 e. The van der Waals surface area contributed by atoms with Crippen LogP contribution in [-0.4, -0.2) is 5.91 Å². The summed E-state index contributed by atoms with van der Waals surface area (Å²) >= 11 is 12.2. The van der Waals surface area contributed by atoms with Crippen molar-refractivity contribution >= 4 is 40.9 Å². The number of hydrogen-bond donors (Lipinski definition) is 1. The van der Waals surface area contributed by atoms with Crippen molar-refractivity contribution in [2.75, 3.05) is 5.32 Å². The van der Waals surface area contributed by atoms with Crippen molar-refractivity contribution in [1.29, 1.82) is 5.26 Å². The fourth-order valence-corrected chi connectivity index (χ4v) is 3.24. The predicted molar refractivity (Wildman–Crippen MR) is 119 cm³/mol. The van der Waals surface area contributed by atoms with Gasteiger partial charge in [0.05, 0.1) is 0 Å². The molecule has 0 atom stereocenters. The largest absolute Gasteiger partial charge is 0.321 e. The number of amides is 1. The van der Waals surface area contributed by atoms with Gasteiger partial charge in [0.15, 0.2) is 0 Å². The Morgan fingerprint density at radius 2 is 1.87 bits per heavy atom. The topological polar surface area (TPSA) is 52.9 Å². The number of rotatable bonds is 5. The van der Waals surface area contributed by atoms with Crippen LogP contribution in [0.1, 0.15) is 22.3 Å². The first-order chi connectivity index (χ1) is 14.4. The van der Waals surface area contributed by atoms with E-state index in [-0.39, 0.29) is 11.4 Å². The lowest BCUT2D eigenvalue weighted by Crippen LogP contribution is -2.13. The third-order valence-electron chi connectivity index (χ3n) is 4.54. The first-order valence-corrected chi connectivity index (χ1v) is 9.84. The molecule has 0 spiro atoms. The Bertz CT molecular complexity index is 1180. The molecule has 1 N–H and O–H groups in total. The van der Waals surface area contributed by atoms with Crippen molar-refractivity contribution in [2.24, 2.45) is 0 Å². The standard InChI is InChI=1S/C24H17Cl2FN2O/c1-15-6-9-21(13-22(15)26)29-24(30)19(14-28)11-18-12-20(25)8-7-16(18)10-17-4-2-3-5-23(17)27/h2-9,11-13H,10H2,1H3,(H,29,30)/b19-11+. The summed E-state index contributed by atoms with van der Waals surface area (Å²) in [5.41, 5.74) is 3.06. The molecule has 0 fully saturated rings. The Morgan fingerprint density at radius 1 is 1.10 bits per heavy atom. The molecule has 3 aromatic rings. The number of benzene rings is 3. The van der Waals surface area contributed by atoms with Gasteiger partial charge in [-0.1, -0.05) is 53.5 Å². The van der Waals surface area contributed by atoms with Gasteiger partial charge < -0.3 is 5.32 Å². The zero-order valence-corrected chi connectivity index (χ0v) is 17.6. The van der Waals surface area contributed by atoms with Gasteiger partial charge in [0, 0.05) is 22.2 Å². The number of anilines is 1. The molecule has 150 valence electrons. The molecule has 1 amide bonds. The monoisotopic (exact) mass is 438 g/mol. The van der Waals surface area contributed by atoms with Crippen molar-refractivity contribution in [3.63, 3.8) is 0 Å². The van der Waals surface area contributed by atoms with Crippen LogP contribution < -0.4 is 5.32 Å². The van der Waals surface area contributed by atoms with Crippen LogP contribution >= 0.6 is 23.2 Å². The number of nitrogens with one attached hydrogen (secondary N) is 1. The molecule has 3 rings (SSSR count). The van der Waals surface area contributed by atoms with Gasteiger partial charge in [-0.25, -0.2) is 4.39 Å². The summed E-state index contributed by atoms with van der Waals surface area (Å²) in [5, 5.41) is 13.2. The van der Waals surface area contributed by atoms with Crippen molar-refractivity contribution in [2.45, 2.75) is 13.3 Å². The zero-order valence-electron chi connectivity index (χ0n) is 16.0. The van der Waals surface area contributed by atoms with Gasteiger partial charge in [-0.3, -0.25) is 4.79 Å². The number of hydrogen-bond acceptors (Lipinski definition) is 2. The molecule has 0 saturated heterocycles. The summed E-state index contributed by atoms with van der Waals surface area (Å²) in [4.78, 5) is 12.6. The second kappa shape index (κ2) is 9.58. The van der Waals surface area contributed by atoms with Crippen LogP contribution in [0.3, 0.4) is 0 Å². The lowest BCUT2D eigenvalue weighted by Gasteiger charge is -2.10. The van der Waals surface area contributed by atoms with Crippen molar-refractivity contribution in [3.8, 4) is 6.07 Å². The minimum atomic E-state index is -0.575. The first kappa shape index (κ1) is 21.6. The highest BCUT2D eigenvalue weighted by Gasteiger charge is 2.13. The number of carbonyl (C=O) groups excluding carboxylic acids is 1. The first-order valence-electron chi connectivity index (χ1n) is 9.08. The molecule has 6 heteroatoms. The van der Waals surface area contributed by atoms with Gasteiger partial charge in [-0.05, 0) is 65.6 Å². The fourth-order valence-electron chi connectivity index (χ4n) is 2.88. The lowest BCUT2D eigenvalue weighted by molar-refractivity contribution is -0.112. The number of nitrogens with zero attached hydrogens (tertiary/aromatic N) is 1. The molecule has 0 saturated carbocycles. The third kappa shape index (κ3) is 5.27. The van der Waals surface area contributed by atoms with Gasteiger partial charge in [0.1, 0.15) is 17.5 Å². The predicted octanol–water partition coefficient (Wildman–Crippen LogP) is 6.58. The normalized spacial score (nSPS) is 11.1. The van der Waals surface area contributed by atoms with E-state index in [0.717, 1.165) is 11.1 Å². The maximum atomic E-state index is 14.1. The molecule has 0 radical (unpaired) electrons. The van der Waals surface area contributed by atoms with Crippen LogP contribution in [0.25, 0.3) is 6.08 Å². The highest BCUT2D eigenvalue weighted by atomic mass is 35.5. The summed E-state index contributed by atoms with van der Waals surface area (Å²) in [6.45, 7) is 1.85. The molecule has 3 nitrogen and oxygen atoms in total. The average Bonchev–Trinajstić information content (AvgIpc) is 2.72. The third-order valence-corrected chi connectivity index (χ3v) is 5.18. The van der Waals surface area contributed by atoms with Crippen LogP contribution in [0.5, 0.6) is 0 Å². The Balaban J connectivity index is 1.92. The van der Waals surface area contributed by atoms with Gasteiger partial charge in [-0.15, -0.1) is 0 Å². The quantitative estimate of drug-likeness (QED) is 0.361. The molecular weight excluding hydrogens is 422 g/mol. The maximum Gasteiger partial charge on any atom is 0.266 e. The van der Waals surface area contributed by atoms with Crippen LogP contribution in [-0.2, 0) is 11.2 Å². The van der Waals surface area contributed by atoms with E-state index < -0.39 is 5.91 Å². The maximum absolute atomic E-state index is 14.1. The van der Waals surface area contributed by atoms with Crippen LogP contribution in [0.2, 0.25) is 10.0 Å². The molecule has 0 aromatic heterocycles. The highest BCUT2D eigenvalue weighted by Crippen LogP contribution is 2.24. The highest BCUT2D eigenvalue weighted by molar-refractivity contribution is 6.31. The van der Waals surface area contributed by atoms with Crippen molar-refractivity contribution in [1.82, 2.24) is 0 Å². The summed E-state index contributed by atoms with van der Waals surface area (Å²) < 4.78 is 14.1. The summed E-state index contributed by atoms with van der Waals surface area (Å²) in [6.07, 6.45) is 1.75. The van der Waals surface area contributed by atoms with Gasteiger partial charge in [0.2, 0.25) is 0 Å². The van der Waals surface area contributed by atoms with E-state index in [1.54, 1.807) is 54.6 Å². The minimum absolute atomic E-state index is 0.108. The summed E-state index contributed by atoms with van der Waals surface area (Å²) in [5.74, 6) is -0.897. The zero-order chi connectivity index (χ0) is 21.7. The summed E-state index contributed by atoms with van der Waals surface area (Å²) in [6, 6.07) is 18.6. The molecule has 0 aliphatic rings. The molecule has 30 heavy (non-hydrogen) atoms. The van der Waals surface area contributed by atoms with E-state index >= 15 is 0 Å². The molecule has 0 heterocycles. The van der Waals surface area contributed by atoms with Crippen molar-refractivity contribution in [3.05, 3.63) is 104 Å². The number of nitriles is 1. The van der Waals surface area contributed by atoms with Crippen LogP contribution in [0.4, 0.5) is 10.1 Å². The lowest BCUT2D eigenvalue weighted by atomic mass is 9.98. The Labute approximate surface area is 184 Å². The molecule has 0 aliphatic carbocycles. The van der Waals surface area contributed by atoms with Gasteiger partial charge in [-0.2, -0.15) is 5.26 Å². The fraction of sp³-hybridized carbons (Fsp3) is 0.0833. The number of halogens is 3. The molecule has 0 bridgehead atoms. The van der Waals surface area contributed by atoms with E-state index in [4.69, 9.17) is 23.2 Å². The Hall–Kier alpha value is -3.13.